The maximum atomic E-state index is 12.9. The second-order valence-electron chi connectivity index (χ2n) is 7.03. The molecule has 0 unspecified atom stereocenters. The number of fused-ring (bicyclic) bond motifs is 1. The first-order valence-electron chi connectivity index (χ1n) is 9.68. The second kappa shape index (κ2) is 8.87. The quantitative estimate of drug-likeness (QED) is 0.652. The van der Waals surface area contributed by atoms with Crippen molar-refractivity contribution in [1.82, 2.24) is 19.8 Å². The molecule has 3 aromatic heterocycles. The molecule has 0 spiro atoms. The van der Waals surface area contributed by atoms with Crippen molar-refractivity contribution in [2.45, 2.75) is 32.2 Å². The molecule has 0 saturated carbocycles. The summed E-state index contributed by atoms with van der Waals surface area (Å²) in [7, 11) is 0. The summed E-state index contributed by atoms with van der Waals surface area (Å²) in [5.41, 5.74) is 0.657. The lowest BCUT2D eigenvalue weighted by Crippen LogP contribution is -2.40. The molecule has 7 nitrogen and oxygen atoms in total. The molecule has 0 atom stereocenters. The van der Waals surface area contributed by atoms with Crippen LogP contribution in [-0.4, -0.2) is 45.9 Å². The van der Waals surface area contributed by atoms with Crippen LogP contribution in [0.25, 0.3) is 20.7 Å². The Morgan fingerprint density at radius 3 is 2.93 bits per heavy atom. The molecule has 1 saturated heterocycles. The van der Waals surface area contributed by atoms with E-state index in [2.05, 4.69) is 10.3 Å². The van der Waals surface area contributed by atoms with Gasteiger partial charge in [0.2, 0.25) is 11.8 Å². The van der Waals surface area contributed by atoms with Gasteiger partial charge in [-0.25, -0.2) is 4.98 Å². The van der Waals surface area contributed by atoms with E-state index in [-0.39, 0.29) is 23.9 Å². The van der Waals surface area contributed by atoms with Gasteiger partial charge in [0.1, 0.15) is 11.4 Å². The number of likely N-dealkylation sites (tertiary alicyclic amines) is 1. The van der Waals surface area contributed by atoms with Crippen molar-refractivity contribution in [2.75, 3.05) is 19.6 Å². The summed E-state index contributed by atoms with van der Waals surface area (Å²) in [4.78, 5) is 45.2. The topological polar surface area (TPSA) is 84.3 Å². The van der Waals surface area contributed by atoms with Crippen LogP contribution in [0.2, 0.25) is 0 Å². The molecule has 152 valence electrons. The van der Waals surface area contributed by atoms with Crippen LogP contribution in [0.3, 0.4) is 0 Å². The Balaban J connectivity index is 1.42. The summed E-state index contributed by atoms with van der Waals surface area (Å²) >= 11 is 3.00. The van der Waals surface area contributed by atoms with E-state index >= 15 is 0 Å². The van der Waals surface area contributed by atoms with Crippen LogP contribution in [0.4, 0.5) is 0 Å². The summed E-state index contributed by atoms with van der Waals surface area (Å²) < 4.78 is 1.35. The molecule has 1 aliphatic heterocycles. The third-order valence-corrected chi connectivity index (χ3v) is 6.83. The van der Waals surface area contributed by atoms with Gasteiger partial charge >= 0.3 is 0 Å². The molecule has 0 aliphatic carbocycles. The molecule has 0 aromatic carbocycles. The van der Waals surface area contributed by atoms with E-state index in [0.29, 0.717) is 29.7 Å². The number of nitrogens with one attached hydrogen (secondary N) is 1. The lowest BCUT2D eigenvalue weighted by Gasteiger charge is -2.20. The van der Waals surface area contributed by atoms with Gasteiger partial charge in [-0.15, -0.1) is 22.7 Å². The monoisotopic (exact) mass is 430 g/mol. The fourth-order valence-electron chi connectivity index (χ4n) is 3.51. The number of rotatable bonds is 6. The van der Waals surface area contributed by atoms with E-state index in [1.165, 1.54) is 22.2 Å². The van der Waals surface area contributed by atoms with Gasteiger partial charge in [0.15, 0.2) is 0 Å². The fraction of sp³-hybridized carbons (Fsp3) is 0.400. The summed E-state index contributed by atoms with van der Waals surface area (Å²) in [6, 6.07) is 3.92. The van der Waals surface area contributed by atoms with Gasteiger partial charge in [-0.05, 0) is 24.3 Å². The first kappa shape index (κ1) is 19.8. The molecule has 29 heavy (non-hydrogen) atoms. The van der Waals surface area contributed by atoms with Crippen LogP contribution in [0.1, 0.15) is 25.7 Å². The number of thiophene rings is 2. The largest absolute Gasteiger partial charge is 0.353 e. The number of hydrogen-bond acceptors (Lipinski definition) is 6. The molecule has 0 bridgehead atoms. The number of carbonyl (C=O) groups is 2. The Labute approximate surface area is 176 Å². The lowest BCUT2D eigenvalue weighted by atomic mass is 10.2. The van der Waals surface area contributed by atoms with E-state index in [0.717, 1.165) is 36.2 Å². The predicted octanol–water partition coefficient (Wildman–Crippen LogP) is 2.71. The Bertz CT molecular complexity index is 1070. The van der Waals surface area contributed by atoms with Gasteiger partial charge in [0.05, 0.1) is 11.7 Å². The fourth-order valence-corrected chi connectivity index (χ4v) is 5.23. The number of carbonyl (C=O) groups excluding carboxylic acids is 2. The highest BCUT2D eigenvalue weighted by atomic mass is 32.1. The number of nitrogens with zero attached hydrogens (tertiary/aromatic N) is 3. The van der Waals surface area contributed by atoms with Gasteiger partial charge in [-0.3, -0.25) is 19.0 Å². The molecule has 4 heterocycles. The summed E-state index contributed by atoms with van der Waals surface area (Å²) in [5, 5.41) is 7.28. The molecule has 4 rings (SSSR count). The average Bonchev–Trinajstić information content (AvgIpc) is 3.33. The van der Waals surface area contributed by atoms with Crippen LogP contribution in [0, 0.1) is 0 Å². The van der Waals surface area contributed by atoms with Crippen molar-refractivity contribution in [1.29, 1.82) is 0 Å². The summed E-state index contributed by atoms with van der Waals surface area (Å²) in [5.74, 6) is -0.107. The van der Waals surface area contributed by atoms with Gasteiger partial charge in [0, 0.05) is 41.9 Å². The van der Waals surface area contributed by atoms with Crippen molar-refractivity contribution >= 4 is 44.7 Å². The van der Waals surface area contributed by atoms with Gasteiger partial charge in [-0.2, -0.15) is 0 Å². The minimum absolute atomic E-state index is 0.0879. The first-order valence-corrected chi connectivity index (χ1v) is 11.4. The van der Waals surface area contributed by atoms with E-state index in [1.54, 1.807) is 11.3 Å². The Hall–Kier alpha value is -2.52. The molecular weight excluding hydrogens is 408 g/mol. The van der Waals surface area contributed by atoms with Crippen LogP contribution in [0.15, 0.2) is 34.0 Å². The summed E-state index contributed by atoms with van der Waals surface area (Å²) in [6.45, 7) is 1.55. The number of hydrogen-bond donors (Lipinski definition) is 1. The zero-order chi connectivity index (χ0) is 20.2. The molecule has 1 N–H and O–H groups in total. The predicted molar refractivity (Wildman–Crippen MR) is 115 cm³/mol. The number of aromatic nitrogens is 2. The Kier molecular flexibility index (Phi) is 6.05. The maximum absolute atomic E-state index is 12.9. The van der Waals surface area contributed by atoms with Crippen LogP contribution >= 0.6 is 22.7 Å². The molecule has 3 aromatic rings. The highest BCUT2D eigenvalue weighted by Crippen LogP contribution is 2.33. The molecule has 2 amide bonds. The Morgan fingerprint density at radius 2 is 2.10 bits per heavy atom. The normalized spacial score (nSPS) is 14.9. The van der Waals surface area contributed by atoms with E-state index in [4.69, 9.17) is 0 Å². The zero-order valence-electron chi connectivity index (χ0n) is 15.9. The SMILES string of the molecule is O=C(Cn1cnc2scc(-c3cccs3)c2c1=O)NCCN1CCCCCC1=O. The highest BCUT2D eigenvalue weighted by Gasteiger charge is 2.17. The third kappa shape index (κ3) is 4.40. The molecule has 0 radical (unpaired) electrons. The van der Waals surface area contributed by atoms with Crippen molar-refractivity contribution in [3.05, 3.63) is 39.6 Å². The van der Waals surface area contributed by atoms with Crippen molar-refractivity contribution in [3.63, 3.8) is 0 Å². The van der Waals surface area contributed by atoms with Gasteiger partial charge in [-0.1, -0.05) is 12.5 Å². The van der Waals surface area contributed by atoms with E-state index in [1.807, 2.05) is 27.8 Å². The van der Waals surface area contributed by atoms with Crippen molar-refractivity contribution in [2.24, 2.45) is 0 Å². The van der Waals surface area contributed by atoms with E-state index < -0.39 is 0 Å². The van der Waals surface area contributed by atoms with Gasteiger partial charge < -0.3 is 10.2 Å². The van der Waals surface area contributed by atoms with Crippen molar-refractivity contribution in [3.8, 4) is 10.4 Å². The number of amides is 2. The molecule has 1 aliphatic rings. The molecule has 9 heteroatoms. The smallest absolute Gasteiger partial charge is 0.263 e. The molecular formula is C20H22N4O3S2. The lowest BCUT2D eigenvalue weighted by molar-refractivity contribution is -0.131. The minimum atomic E-state index is -0.261. The maximum Gasteiger partial charge on any atom is 0.263 e. The zero-order valence-corrected chi connectivity index (χ0v) is 17.6. The Morgan fingerprint density at radius 1 is 1.21 bits per heavy atom. The summed E-state index contributed by atoms with van der Waals surface area (Å²) in [6.07, 6.45) is 5.03. The third-order valence-electron chi connectivity index (χ3n) is 5.04. The minimum Gasteiger partial charge on any atom is -0.353 e. The van der Waals surface area contributed by atoms with Crippen LogP contribution in [0.5, 0.6) is 0 Å². The second-order valence-corrected chi connectivity index (χ2v) is 8.83. The highest BCUT2D eigenvalue weighted by molar-refractivity contribution is 7.18. The van der Waals surface area contributed by atoms with Crippen molar-refractivity contribution < 1.29 is 9.59 Å². The van der Waals surface area contributed by atoms with Crippen LogP contribution < -0.4 is 10.9 Å². The van der Waals surface area contributed by atoms with E-state index in [9.17, 15) is 14.4 Å². The van der Waals surface area contributed by atoms with Gasteiger partial charge in [0.25, 0.3) is 5.56 Å². The first-order chi connectivity index (χ1) is 14.1. The average molecular weight is 431 g/mol. The standard InChI is InChI=1S/C20H22N4O3S2/c25-16(21-7-9-23-8-3-1-2-6-17(23)26)11-24-13-22-19-18(20(24)27)14(12-29-19)15-5-4-10-28-15/h4-5,10,12-13H,1-3,6-9,11H2,(H,21,25). The van der Waals surface area contributed by atoms with Crippen LogP contribution in [-0.2, 0) is 16.1 Å². The molecule has 1 fully saturated rings.